The molecule has 0 bridgehead atoms. The number of benzene rings is 1. The van der Waals surface area contributed by atoms with Crippen molar-refractivity contribution < 1.29 is 9.13 Å². The van der Waals surface area contributed by atoms with E-state index in [4.69, 9.17) is 4.74 Å². The Bertz CT molecular complexity index is 1270. The fraction of sp³-hybridized carbons (Fsp3) is 0.542. The van der Waals surface area contributed by atoms with Crippen molar-refractivity contribution in [1.82, 2.24) is 35.1 Å². The SMILES string of the molecule is CN1C(C)(C)CC(CNc2nc(Nc3ccc4c(c3)-n3nnnc3C(C)(C)O4)ncc2F)C1(C)C. The van der Waals surface area contributed by atoms with Crippen LogP contribution in [-0.2, 0) is 5.60 Å². The summed E-state index contributed by atoms with van der Waals surface area (Å²) in [5, 5.41) is 18.4. The van der Waals surface area contributed by atoms with Gasteiger partial charge in [-0.3, -0.25) is 4.90 Å². The van der Waals surface area contributed by atoms with Crippen molar-refractivity contribution in [3.05, 3.63) is 36.0 Å². The van der Waals surface area contributed by atoms with Gasteiger partial charge in [0.1, 0.15) is 11.4 Å². The fourth-order valence-corrected chi connectivity index (χ4v) is 5.16. The Labute approximate surface area is 204 Å². The van der Waals surface area contributed by atoms with Crippen LogP contribution < -0.4 is 15.4 Å². The Balaban J connectivity index is 1.34. The van der Waals surface area contributed by atoms with E-state index in [0.717, 1.165) is 6.42 Å². The van der Waals surface area contributed by atoms with E-state index >= 15 is 0 Å². The molecule has 2 aliphatic heterocycles. The second-order valence-corrected chi connectivity index (χ2v) is 11.0. The number of tetrazole rings is 1. The average Bonchev–Trinajstić information content (AvgIpc) is 3.34. The van der Waals surface area contributed by atoms with Gasteiger partial charge in [0.05, 0.1) is 6.20 Å². The number of halogens is 1. The van der Waals surface area contributed by atoms with Crippen molar-refractivity contribution >= 4 is 17.5 Å². The second-order valence-electron chi connectivity index (χ2n) is 11.0. The van der Waals surface area contributed by atoms with Gasteiger partial charge < -0.3 is 15.4 Å². The highest BCUT2D eigenvalue weighted by atomic mass is 19.1. The molecule has 1 saturated heterocycles. The molecule has 3 aromatic rings. The second kappa shape index (κ2) is 7.84. The first-order valence-electron chi connectivity index (χ1n) is 11.8. The number of aromatic nitrogens is 6. The lowest BCUT2D eigenvalue weighted by molar-refractivity contribution is 0.0854. The maximum Gasteiger partial charge on any atom is 0.229 e. The van der Waals surface area contributed by atoms with E-state index in [1.807, 2.05) is 32.0 Å². The first-order chi connectivity index (χ1) is 16.4. The van der Waals surface area contributed by atoms with E-state index in [1.165, 1.54) is 6.20 Å². The molecule has 2 N–H and O–H groups in total. The predicted molar refractivity (Wildman–Crippen MR) is 131 cm³/mol. The number of likely N-dealkylation sites (tertiary alicyclic amines) is 1. The Hall–Kier alpha value is -3.34. The van der Waals surface area contributed by atoms with Crippen LogP contribution in [-0.4, -0.2) is 59.7 Å². The predicted octanol–water partition coefficient (Wildman–Crippen LogP) is 3.88. The lowest BCUT2D eigenvalue weighted by Crippen LogP contribution is -2.47. The topological polar surface area (TPSA) is 106 Å². The minimum absolute atomic E-state index is 0.0179. The molecule has 0 aliphatic carbocycles. The van der Waals surface area contributed by atoms with Crippen LogP contribution in [0.5, 0.6) is 5.75 Å². The lowest BCUT2D eigenvalue weighted by atomic mass is 9.87. The largest absolute Gasteiger partial charge is 0.478 e. The number of fused-ring (bicyclic) bond motifs is 3. The fourth-order valence-electron chi connectivity index (χ4n) is 5.16. The highest BCUT2D eigenvalue weighted by Crippen LogP contribution is 2.43. The van der Waals surface area contributed by atoms with Gasteiger partial charge in [0.15, 0.2) is 23.1 Å². The van der Waals surface area contributed by atoms with Crippen LogP contribution in [0.4, 0.5) is 21.8 Å². The van der Waals surface area contributed by atoms with E-state index in [2.05, 4.69) is 75.8 Å². The third-order valence-electron chi connectivity index (χ3n) is 7.59. The van der Waals surface area contributed by atoms with E-state index in [1.54, 1.807) is 4.68 Å². The average molecular weight is 482 g/mol. The van der Waals surface area contributed by atoms with E-state index in [9.17, 15) is 4.39 Å². The standard InChI is InChI=1S/C24H32FN9O/c1-22(2)11-14(23(3,4)33(22)7)12-26-19-16(25)13-27-21(29-19)28-15-8-9-18-17(10-15)34-20(30-31-32-34)24(5,6)35-18/h8-10,13-14H,11-12H2,1-7H3,(H2,26,27,28,29). The number of hydrogen-bond donors (Lipinski definition) is 2. The zero-order valence-electron chi connectivity index (χ0n) is 21.2. The third kappa shape index (κ3) is 3.97. The van der Waals surface area contributed by atoms with Gasteiger partial charge in [-0.1, -0.05) is 0 Å². The maximum atomic E-state index is 14.6. The number of hydrogen-bond acceptors (Lipinski definition) is 9. The summed E-state index contributed by atoms with van der Waals surface area (Å²) in [5.74, 6) is 1.58. The molecule has 11 heteroatoms. The van der Waals surface area contributed by atoms with Gasteiger partial charge in [-0.05, 0) is 89.6 Å². The molecule has 0 spiro atoms. The molecule has 5 rings (SSSR count). The highest BCUT2D eigenvalue weighted by Gasteiger charge is 2.48. The summed E-state index contributed by atoms with van der Waals surface area (Å²) in [6, 6.07) is 5.54. The molecule has 1 fully saturated rings. The van der Waals surface area contributed by atoms with Gasteiger partial charge in [-0.2, -0.15) is 9.67 Å². The van der Waals surface area contributed by atoms with Gasteiger partial charge >= 0.3 is 0 Å². The summed E-state index contributed by atoms with van der Waals surface area (Å²) >= 11 is 0. The summed E-state index contributed by atoms with van der Waals surface area (Å²) < 4.78 is 22.3. The molecule has 0 radical (unpaired) electrons. The third-order valence-corrected chi connectivity index (χ3v) is 7.59. The van der Waals surface area contributed by atoms with Crippen molar-refractivity contribution in [3.63, 3.8) is 0 Å². The van der Waals surface area contributed by atoms with Crippen LogP contribution in [0.1, 0.15) is 53.8 Å². The number of anilines is 3. The number of nitrogens with zero attached hydrogens (tertiary/aromatic N) is 7. The van der Waals surface area contributed by atoms with Gasteiger partial charge in [-0.15, -0.1) is 5.10 Å². The molecule has 1 aromatic carbocycles. The van der Waals surface area contributed by atoms with Crippen LogP contribution in [0.3, 0.4) is 0 Å². The molecule has 1 atom stereocenters. The van der Waals surface area contributed by atoms with E-state index in [0.29, 0.717) is 35.4 Å². The molecule has 2 aliphatic rings. The van der Waals surface area contributed by atoms with Gasteiger partial charge in [0.25, 0.3) is 0 Å². The molecule has 0 amide bonds. The molecule has 2 aromatic heterocycles. The first kappa shape index (κ1) is 23.4. The van der Waals surface area contributed by atoms with Crippen LogP contribution in [0.25, 0.3) is 5.69 Å². The van der Waals surface area contributed by atoms with Gasteiger partial charge in [0.2, 0.25) is 5.95 Å². The smallest absolute Gasteiger partial charge is 0.229 e. The Morgan fingerprint density at radius 2 is 1.94 bits per heavy atom. The van der Waals surface area contributed by atoms with Crippen LogP contribution >= 0.6 is 0 Å². The molecule has 0 saturated carbocycles. The maximum absolute atomic E-state index is 14.6. The molecule has 4 heterocycles. The molecule has 10 nitrogen and oxygen atoms in total. The van der Waals surface area contributed by atoms with Crippen molar-refractivity contribution in [2.45, 2.75) is 64.6 Å². The number of rotatable bonds is 5. The van der Waals surface area contributed by atoms with Crippen molar-refractivity contribution in [2.75, 3.05) is 24.2 Å². The van der Waals surface area contributed by atoms with Crippen molar-refractivity contribution in [1.29, 1.82) is 0 Å². The Kier molecular flexibility index (Phi) is 5.24. The number of ether oxygens (including phenoxy) is 1. The number of nitrogens with one attached hydrogen (secondary N) is 2. The normalized spacial score (nSPS) is 21.7. The zero-order chi connectivity index (χ0) is 25.2. The van der Waals surface area contributed by atoms with E-state index in [-0.39, 0.29) is 22.8 Å². The molecular formula is C24H32FN9O. The first-order valence-corrected chi connectivity index (χ1v) is 11.8. The molecule has 186 valence electrons. The molecule has 35 heavy (non-hydrogen) atoms. The summed E-state index contributed by atoms with van der Waals surface area (Å²) in [6.07, 6.45) is 2.19. The summed E-state index contributed by atoms with van der Waals surface area (Å²) in [6.45, 7) is 13.4. The summed E-state index contributed by atoms with van der Waals surface area (Å²) in [4.78, 5) is 10.9. The lowest BCUT2D eigenvalue weighted by Gasteiger charge is -2.38. The highest BCUT2D eigenvalue weighted by molar-refractivity contribution is 5.63. The zero-order valence-corrected chi connectivity index (χ0v) is 21.2. The van der Waals surface area contributed by atoms with Crippen LogP contribution in [0.15, 0.2) is 24.4 Å². The Morgan fingerprint density at radius 1 is 1.17 bits per heavy atom. The molecular weight excluding hydrogens is 449 g/mol. The molecule has 1 unspecified atom stereocenters. The van der Waals surface area contributed by atoms with Crippen molar-refractivity contribution in [3.8, 4) is 11.4 Å². The minimum atomic E-state index is -0.649. The monoisotopic (exact) mass is 481 g/mol. The quantitative estimate of drug-likeness (QED) is 0.561. The van der Waals surface area contributed by atoms with Crippen molar-refractivity contribution in [2.24, 2.45) is 5.92 Å². The van der Waals surface area contributed by atoms with E-state index < -0.39 is 11.4 Å². The minimum Gasteiger partial charge on any atom is -0.478 e. The summed E-state index contributed by atoms with van der Waals surface area (Å²) in [5.41, 5.74) is 0.814. The summed E-state index contributed by atoms with van der Waals surface area (Å²) in [7, 11) is 2.15. The van der Waals surface area contributed by atoms with Crippen LogP contribution in [0.2, 0.25) is 0 Å². The van der Waals surface area contributed by atoms with Gasteiger partial charge in [-0.25, -0.2) is 9.37 Å². The van der Waals surface area contributed by atoms with Gasteiger partial charge in [0, 0.05) is 23.3 Å². The van der Waals surface area contributed by atoms with Crippen LogP contribution in [0, 0.1) is 11.7 Å². The Morgan fingerprint density at radius 3 is 2.66 bits per heavy atom.